The van der Waals surface area contributed by atoms with Crippen LogP contribution in [-0.4, -0.2) is 40.3 Å². The molecule has 3 aromatic rings. The standard InChI is InChI=1S/C14H12F2N4O3S3/c1-21-9-5-7(3-4-8(9)22-12(15)16)11-17-10(23-20-11)6-25-14-19-18-13(24-2)26-14/h3-5,12H,6H2,1-2H3. The molecule has 26 heavy (non-hydrogen) atoms. The molecule has 0 saturated heterocycles. The van der Waals surface area contributed by atoms with Gasteiger partial charge in [-0.1, -0.05) is 40.0 Å². The zero-order valence-corrected chi connectivity index (χ0v) is 16.0. The fourth-order valence-electron chi connectivity index (χ4n) is 1.89. The van der Waals surface area contributed by atoms with Crippen LogP contribution in [0.5, 0.6) is 11.5 Å². The second kappa shape index (κ2) is 8.64. The molecule has 0 saturated carbocycles. The first-order valence-electron chi connectivity index (χ1n) is 7.05. The van der Waals surface area contributed by atoms with E-state index >= 15 is 0 Å². The van der Waals surface area contributed by atoms with Gasteiger partial charge in [0.05, 0.1) is 12.9 Å². The van der Waals surface area contributed by atoms with Gasteiger partial charge in [-0.15, -0.1) is 10.2 Å². The summed E-state index contributed by atoms with van der Waals surface area (Å²) < 4.78 is 41.1. The number of alkyl halides is 2. The normalized spacial score (nSPS) is 11.1. The fraction of sp³-hybridized carbons (Fsp3) is 0.286. The van der Waals surface area contributed by atoms with Crippen LogP contribution in [0, 0.1) is 0 Å². The molecule has 12 heteroatoms. The van der Waals surface area contributed by atoms with Crippen molar-refractivity contribution >= 4 is 34.9 Å². The van der Waals surface area contributed by atoms with Crippen molar-refractivity contribution in [2.24, 2.45) is 0 Å². The van der Waals surface area contributed by atoms with E-state index in [1.165, 1.54) is 54.1 Å². The smallest absolute Gasteiger partial charge is 0.387 e. The van der Waals surface area contributed by atoms with Crippen molar-refractivity contribution in [1.29, 1.82) is 0 Å². The number of hydrogen-bond acceptors (Lipinski definition) is 10. The molecule has 0 amide bonds. The number of aromatic nitrogens is 4. The lowest BCUT2D eigenvalue weighted by atomic mass is 10.2. The largest absolute Gasteiger partial charge is 0.493 e. The van der Waals surface area contributed by atoms with Crippen LogP contribution in [0.4, 0.5) is 8.78 Å². The minimum Gasteiger partial charge on any atom is -0.493 e. The van der Waals surface area contributed by atoms with E-state index in [2.05, 4.69) is 25.1 Å². The van der Waals surface area contributed by atoms with Gasteiger partial charge in [0, 0.05) is 5.56 Å². The lowest BCUT2D eigenvalue weighted by Gasteiger charge is -2.10. The number of nitrogens with zero attached hydrogens (tertiary/aromatic N) is 4. The predicted octanol–water partition coefficient (Wildman–Crippen LogP) is 4.21. The van der Waals surface area contributed by atoms with Crippen LogP contribution in [0.2, 0.25) is 0 Å². The maximum absolute atomic E-state index is 12.4. The SMILES string of the molecule is COc1cc(-c2noc(CSc3nnc(SC)s3)n2)ccc1OC(F)F. The van der Waals surface area contributed by atoms with Gasteiger partial charge >= 0.3 is 6.61 Å². The van der Waals surface area contributed by atoms with Crippen LogP contribution in [-0.2, 0) is 5.75 Å². The molecule has 3 rings (SSSR count). The van der Waals surface area contributed by atoms with Crippen molar-refractivity contribution in [2.45, 2.75) is 21.0 Å². The predicted molar refractivity (Wildman–Crippen MR) is 94.2 cm³/mol. The molecular weight excluding hydrogens is 406 g/mol. The Balaban J connectivity index is 1.70. The van der Waals surface area contributed by atoms with E-state index in [0.717, 1.165) is 8.68 Å². The van der Waals surface area contributed by atoms with Gasteiger partial charge in [-0.25, -0.2) is 0 Å². The van der Waals surface area contributed by atoms with Crippen molar-refractivity contribution in [3.8, 4) is 22.9 Å². The van der Waals surface area contributed by atoms with Gasteiger partial charge in [-0.05, 0) is 24.5 Å². The van der Waals surface area contributed by atoms with Crippen LogP contribution in [0.25, 0.3) is 11.4 Å². The Morgan fingerprint density at radius 3 is 2.73 bits per heavy atom. The Bertz CT molecular complexity index is 875. The lowest BCUT2D eigenvalue weighted by molar-refractivity contribution is -0.0512. The number of methoxy groups -OCH3 is 1. The highest BCUT2D eigenvalue weighted by molar-refractivity contribution is 8.02. The van der Waals surface area contributed by atoms with Crippen molar-refractivity contribution in [3.63, 3.8) is 0 Å². The molecule has 2 heterocycles. The molecule has 2 aromatic heterocycles. The van der Waals surface area contributed by atoms with Crippen LogP contribution in [0.3, 0.4) is 0 Å². The maximum atomic E-state index is 12.4. The van der Waals surface area contributed by atoms with Crippen LogP contribution in [0.15, 0.2) is 31.4 Å². The summed E-state index contributed by atoms with van der Waals surface area (Å²) in [6.07, 6.45) is 1.94. The molecule has 0 spiro atoms. The molecule has 0 bridgehead atoms. The number of rotatable bonds is 8. The molecule has 0 aliphatic heterocycles. The first kappa shape index (κ1) is 18.9. The summed E-state index contributed by atoms with van der Waals surface area (Å²) in [7, 11) is 1.36. The van der Waals surface area contributed by atoms with E-state index in [1.54, 1.807) is 6.07 Å². The zero-order chi connectivity index (χ0) is 18.5. The first-order valence-corrected chi connectivity index (χ1v) is 10.1. The van der Waals surface area contributed by atoms with Crippen LogP contribution in [0.1, 0.15) is 5.89 Å². The van der Waals surface area contributed by atoms with E-state index in [4.69, 9.17) is 9.26 Å². The number of benzene rings is 1. The number of ether oxygens (including phenoxy) is 2. The summed E-state index contributed by atoms with van der Waals surface area (Å²) >= 11 is 4.46. The van der Waals surface area contributed by atoms with Gasteiger partial charge in [-0.2, -0.15) is 13.8 Å². The van der Waals surface area contributed by atoms with Crippen molar-refractivity contribution < 1.29 is 22.8 Å². The Morgan fingerprint density at radius 1 is 1.23 bits per heavy atom. The molecule has 7 nitrogen and oxygen atoms in total. The number of thioether (sulfide) groups is 2. The topological polar surface area (TPSA) is 83.2 Å². The fourth-order valence-corrected chi connectivity index (χ4v) is 4.17. The monoisotopic (exact) mass is 418 g/mol. The highest BCUT2D eigenvalue weighted by atomic mass is 32.2. The van der Waals surface area contributed by atoms with Gasteiger partial charge in [-0.3, -0.25) is 0 Å². The second-order valence-electron chi connectivity index (χ2n) is 4.58. The zero-order valence-electron chi connectivity index (χ0n) is 13.5. The summed E-state index contributed by atoms with van der Waals surface area (Å²) in [5.41, 5.74) is 0.559. The van der Waals surface area contributed by atoms with Crippen molar-refractivity contribution in [3.05, 3.63) is 24.1 Å². The molecular formula is C14H12F2N4O3S3. The van der Waals surface area contributed by atoms with E-state index in [1.807, 2.05) is 6.26 Å². The maximum Gasteiger partial charge on any atom is 0.387 e. The highest BCUT2D eigenvalue weighted by Crippen LogP contribution is 2.33. The Kier molecular flexibility index (Phi) is 6.27. The molecule has 0 N–H and O–H groups in total. The Morgan fingerprint density at radius 2 is 2.04 bits per heavy atom. The van der Waals surface area contributed by atoms with E-state index in [-0.39, 0.29) is 11.5 Å². The third-order valence-corrected chi connectivity index (χ3v) is 6.00. The van der Waals surface area contributed by atoms with E-state index < -0.39 is 6.61 Å². The van der Waals surface area contributed by atoms with Crippen LogP contribution < -0.4 is 9.47 Å². The molecule has 1 aromatic carbocycles. The van der Waals surface area contributed by atoms with Gasteiger partial charge in [0.15, 0.2) is 20.2 Å². The Hall–Kier alpha value is -1.92. The number of hydrogen-bond donors (Lipinski definition) is 0. The average Bonchev–Trinajstić information content (AvgIpc) is 3.29. The summed E-state index contributed by atoms with van der Waals surface area (Å²) in [5.74, 6) is 1.27. The molecule has 0 aliphatic carbocycles. The van der Waals surface area contributed by atoms with Crippen LogP contribution >= 0.6 is 34.9 Å². The third kappa shape index (κ3) is 4.62. The van der Waals surface area contributed by atoms with Gasteiger partial charge in [0.2, 0.25) is 11.7 Å². The molecule has 0 aliphatic rings. The molecule has 138 valence electrons. The molecule has 0 fully saturated rings. The van der Waals surface area contributed by atoms with E-state index in [0.29, 0.717) is 23.0 Å². The number of halogens is 2. The lowest BCUT2D eigenvalue weighted by Crippen LogP contribution is -2.03. The first-order chi connectivity index (χ1) is 12.6. The minimum absolute atomic E-state index is 0.0635. The van der Waals surface area contributed by atoms with Gasteiger partial charge < -0.3 is 14.0 Å². The third-order valence-electron chi connectivity index (χ3n) is 2.99. The van der Waals surface area contributed by atoms with Crippen molar-refractivity contribution in [2.75, 3.05) is 13.4 Å². The molecule has 0 radical (unpaired) electrons. The Labute approximate surface area is 159 Å². The van der Waals surface area contributed by atoms with Crippen molar-refractivity contribution in [1.82, 2.24) is 20.3 Å². The molecule has 0 atom stereocenters. The average molecular weight is 418 g/mol. The van der Waals surface area contributed by atoms with Gasteiger partial charge in [0.25, 0.3) is 0 Å². The minimum atomic E-state index is -2.93. The second-order valence-corrected chi connectivity index (χ2v) is 7.84. The summed E-state index contributed by atoms with van der Waals surface area (Å²) in [4.78, 5) is 4.30. The van der Waals surface area contributed by atoms with E-state index in [9.17, 15) is 8.78 Å². The molecule has 0 unspecified atom stereocenters. The quantitative estimate of drug-likeness (QED) is 0.499. The highest BCUT2D eigenvalue weighted by Gasteiger charge is 2.15. The summed E-state index contributed by atoms with van der Waals surface area (Å²) in [6.45, 7) is -2.93. The van der Waals surface area contributed by atoms with Gasteiger partial charge in [0.1, 0.15) is 0 Å². The summed E-state index contributed by atoms with van der Waals surface area (Å²) in [5, 5.41) is 12.0. The summed E-state index contributed by atoms with van der Waals surface area (Å²) in [6, 6.07) is 4.43.